The molecule has 5 heteroatoms. The molecule has 3 aromatic rings. The zero-order chi connectivity index (χ0) is 14.5. The normalized spacial score (nSPS) is 10.7. The molecule has 0 saturated carbocycles. The lowest BCUT2D eigenvalue weighted by Gasteiger charge is -2.12. The van der Waals surface area contributed by atoms with Gasteiger partial charge < -0.3 is 10.0 Å². The number of rotatable bonds is 6. The van der Waals surface area contributed by atoms with Crippen molar-refractivity contribution in [2.75, 3.05) is 11.8 Å². The van der Waals surface area contributed by atoms with E-state index in [0.29, 0.717) is 0 Å². The van der Waals surface area contributed by atoms with Gasteiger partial charge in [-0.05, 0) is 53.5 Å². The third-order valence-electron chi connectivity index (χ3n) is 3.01. The van der Waals surface area contributed by atoms with Crippen LogP contribution < -0.4 is 10.0 Å². The van der Waals surface area contributed by atoms with Crippen LogP contribution >= 0.6 is 34.6 Å². The average Bonchev–Trinajstić information content (AvgIpc) is 3.19. The summed E-state index contributed by atoms with van der Waals surface area (Å²) in [4.78, 5) is 1.29. The second-order valence-corrected chi connectivity index (χ2v) is 7.53. The molecule has 2 N–H and O–H groups in total. The number of hydrogen-bond acceptors (Lipinski definition) is 5. The maximum absolute atomic E-state index is 3.51. The first-order chi connectivity index (χ1) is 10.4. The van der Waals surface area contributed by atoms with Crippen molar-refractivity contribution >= 4 is 40.3 Å². The Morgan fingerprint density at radius 1 is 1.05 bits per heavy atom. The Hall–Kier alpha value is -1.27. The van der Waals surface area contributed by atoms with Crippen molar-refractivity contribution in [1.29, 1.82) is 0 Å². The first-order valence-electron chi connectivity index (χ1n) is 6.64. The zero-order valence-corrected chi connectivity index (χ0v) is 14.1. The Morgan fingerprint density at radius 2 is 1.90 bits per heavy atom. The summed E-state index contributed by atoms with van der Waals surface area (Å²) in [5.41, 5.74) is 3.71. The van der Waals surface area contributed by atoms with Crippen molar-refractivity contribution < 1.29 is 0 Å². The fourth-order valence-corrected chi connectivity index (χ4v) is 4.29. The predicted octanol–water partition coefficient (Wildman–Crippen LogP) is 5.32. The van der Waals surface area contributed by atoms with E-state index in [9.17, 15) is 0 Å². The van der Waals surface area contributed by atoms with E-state index in [-0.39, 0.29) is 0 Å². The fraction of sp³-hybridized carbons (Fsp3) is 0.125. The van der Waals surface area contributed by atoms with E-state index in [1.54, 1.807) is 34.6 Å². The van der Waals surface area contributed by atoms with Gasteiger partial charge in [-0.1, -0.05) is 24.3 Å². The smallest absolute Gasteiger partial charge is 0.0807 e. The third kappa shape index (κ3) is 3.68. The molecule has 21 heavy (non-hydrogen) atoms. The van der Waals surface area contributed by atoms with Gasteiger partial charge in [-0.3, -0.25) is 0 Å². The molecule has 1 aromatic carbocycles. The van der Waals surface area contributed by atoms with Crippen molar-refractivity contribution in [3.63, 3.8) is 0 Å². The van der Waals surface area contributed by atoms with Crippen molar-refractivity contribution in [3.05, 3.63) is 58.8 Å². The first-order valence-corrected chi connectivity index (χ1v) is 9.22. The summed E-state index contributed by atoms with van der Waals surface area (Å²) in [6.07, 6.45) is 0. The minimum atomic E-state index is 0.878. The Bertz CT molecular complexity index is 676. The molecule has 0 bridgehead atoms. The van der Waals surface area contributed by atoms with Crippen LogP contribution in [0.4, 0.5) is 5.69 Å². The van der Waals surface area contributed by atoms with Crippen LogP contribution in [0.15, 0.2) is 57.4 Å². The summed E-state index contributed by atoms with van der Waals surface area (Å²) in [5, 5.41) is 7.42. The van der Waals surface area contributed by atoms with Gasteiger partial charge in [0.15, 0.2) is 0 Å². The highest BCUT2D eigenvalue weighted by atomic mass is 32.2. The van der Waals surface area contributed by atoms with Crippen LogP contribution in [0.1, 0.15) is 5.56 Å². The zero-order valence-electron chi connectivity index (χ0n) is 11.6. The van der Waals surface area contributed by atoms with E-state index >= 15 is 0 Å². The van der Waals surface area contributed by atoms with Crippen LogP contribution in [-0.4, -0.2) is 7.05 Å². The van der Waals surface area contributed by atoms with Crippen LogP contribution in [0.2, 0.25) is 0 Å². The van der Waals surface area contributed by atoms with Gasteiger partial charge in [0.2, 0.25) is 0 Å². The molecule has 0 spiro atoms. The quantitative estimate of drug-likeness (QED) is 0.598. The molecular formula is C16H16N2S3. The molecule has 0 unspecified atom stereocenters. The minimum Gasteiger partial charge on any atom is -0.324 e. The molecule has 0 radical (unpaired) electrons. The molecule has 0 aliphatic heterocycles. The Balaban J connectivity index is 1.88. The van der Waals surface area contributed by atoms with E-state index in [0.717, 1.165) is 6.54 Å². The lowest BCUT2D eigenvalue weighted by Crippen LogP contribution is -2.05. The van der Waals surface area contributed by atoms with Gasteiger partial charge in [-0.2, -0.15) is 0 Å². The van der Waals surface area contributed by atoms with E-state index in [4.69, 9.17) is 0 Å². The highest BCUT2D eigenvalue weighted by Gasteiger charge is 2.08. The molecular weight excluding hydrogens is 316 g/mol. The first kappa shape index (κ1) is 14.7. The van der Waals surface area contributed by atoms with E-state index in [1.165, 1.54) is 25.9 Å². The topological polar surface area (TPSA) is 24.1 Å². The fourth-order valence-electron chi connectivity index (χ4n) is 2.06. The van der Waals surface area contributed by atoms with Gasteiger partial charge in [-0.15, -0.1) is 22.7 Å². The van der Waals surface area contributed by atoms with Crippen LogP contribution in [0.25, 0.3) is 10.4 Å². The molecule has 2 nitrogen and oxygen atoms in total. The summed E-state index contributed by atoms with van der Waals surface area (Å²) >= 11 is 5.19. The monoisotopic (exact) mass is 332 g/mol. The highest BCUT2D eigenvalue weighted by molar-refractivity contribution is 8.02. The van der Waals surface area contributed by atoms with Crippen LogP contribution in [-0.2, 0) is 6.54 Å². The Kier molecular flexibility index (Phi) is 4.98. The molecule has 0 aliphatic carbocycles. The Labute approximate surface area is 137 Å². The number of anilines is 1. The van der Waals surface area contributed by atoms with Crippen molar-refractivity contribution in [2.24, 2.45) is 0 Å². The molecule has 0 saturated heterocycles. The Morgan fingerprint density at radius 3 is 2.62 bits per heavy atom. The molecule has 2 heterocycles. The molecule has 0 fully saturated rings. The number of nitrogens with one attached hydrogen (secondary N) is 2. The summed E-state index contributed by atoms with van der Waals surface area (Å²) in [6, 6.07) is 15.1. The standard InChI is InChI=1S/C16H16N2S3/c1-17-11-12-6-7-13(15-4-2-8-19-15)14(10-12)18-21-16-5-3-9-20-16/h2-10,17-18H,11H2,1H3. The molecule has 108 valence electrons. The maximum Gasteiger partial charge on any atom is 0.0807 e. The van der Waals surface area contributed by atoms with Gasteiger partial charge in [-0.25, -0.2) is 0 Å². The largest absolute Gasteiger partial charge is 0.324 e. The van der Waals surface area contributed by atoms with Crippen LogP contribution in [0.5, 0.6) is 0 Å². The number of hydrogen-bond donors (Lipinski definition) is 2. The molecule has 0 atom stereocenters. The van der Waals surface area contributed by atoms with Crippen LogP contribution in [0, 0.1) is 0 Å². The van der Waals surface area contributed by atoms with E-state index < -0.39 is 0 Å². The van der Waals surface area contributed by atoms with Crippen molar-refractivity contribution in [2.45, 2.75) is 10.8 Å². The minimum absolute atomic E-state index is 0.878. The molecule has 0 amide bonds. The van der Waals surface area contributed by atoms with Crippen molar-refractivity contribution in [3.8, 4) is 10.4 Å². The predicted molar refractivity (Wildman–Crippen MR) is 96.3 cm³/mol. The molecule has 3 rings (SSSR count). The summed E-state index contributed by atoms with van der Waals surface area (Å²) in [6.45, 7) is 0.878. The van der Waals surface area contributed by atoms with Gasteiger partial charge in [0.05, 0.1) is 9.90 Å². The van der Waals surface area contributed by atoms with E-state index in [2.05, 4.69) is 63.3 Å². The van der Waals surface area contributed by atoms with Gasteiger partial charge >= 0.3 is 0 Å². The molecule has 0 aliphatic rings. The van der Waals surface area contributed by atoms with Gasteiger partial charge in [0, 0.05) is 17.0 Å². The van der Waals surface area contributed by atoms with Crippen molar-refractivity contribution in [1.82, 2.24) is 5.32 Å². The molecule has 2 aromatic heterocycles. The second-order valence-electron chi connectivity index (χ2n) is 4.52. The highest BCUT2D eigenvalue weighted by Crippen LogP contribution is 2.35. The van der Waals surface area contributed by atoms with Crippen LogP contribution in [0.3, 0.4) is 0 Å². The SMILES string of the molecule is CNCc1ccc(-c2cccs2)c(NSc2cccs2)c1. The van der Waals surface area contributed by atoms with Gasteiger partial charge in [0.1, 0.15) is 0 Å². The second kappa shape index (κ2) is 7.13. The number of benzene rings is 1. The summed E-state index contributed by atoms with van der Waals surface area (Å²) in [5.74, 6) is 0. The summed E-state index contributed by atoms with van der Waals surface area (Å²) < 4.78 is 4.78. The van der Waals surface area contributed by atoms with E-state index in [1.807, 2.05) is 7.05 Å². The lowest BCUT2D eigenvalue weighted by atomic mass is 10.1. The maximum atomic E-state index is 3.51. The lowest BCUT2D eigenvalue weighted by molar-refractivity contribution is 0.818. The summed E-state index contributed by atoms with van der Waals surface area (Å²) in [7, 11) is 1.97. The number of thiophene rings is 2. The average molecular weight is 333 g/mol. The van der Waals surface area contributed by atoms with Gasteiger partial charge in [0.25, 0.3) is 0 Å². The third-order valence-corrected chi connectivity index (χ3v) is 5.77.